The van der Waals surface area contributed by atoms with E-state index in [-0.39, 0.29) is 5.91 Å². The van der Waals surface area contributed by atoms with Gasteiger partial charge in [0.05, 0.1) is 12.8 Å². The van der Waals surface area contributed by atoms with Crippen molar-refractivity contribution in [2.45, 2.75) is 38.3 Å². The summed E-state index contributed by atoms with van der Waals surface area (Å²) in [6, 6.07) is 5.63. The average Bonchev–Trinajstić information content (AvgIpc) is 3.18. The minimum absolute atomic E-state index is 0.233. The molecular formula is C15H18N4O2. The predicted molar refractivity (Wildman–Crippen MR) is 77.8 cm³/mol. The summed E-state index contributed by atoms with van der Waals surface area (Å²) < 4.78 is 5.17. The highest BCUT2D eigenvalue weighted by atomic mass is 16.3. The van der Waals surface area contributed by atoms with Crippen LogP contribution in [0.4, 0.5) is 5.95 Å². The van der Waals surface area contributed by atoms with Crippen molar-refractivity contribution in [3.8, 4) is 0 Å². The summed E-state index contributed by atoms with van der Waals surface area (Å²) in [4.78, 5) is 20.5. The normalized spacial score (nSPS) is 15.0. The van der Waals surface area contributed by atoms with Crippen LogP contribution in [0.2, 0.25) is 0 Å². The number of amides is 1. The molecule has 2 N–H and O–H groups in total. The molecule has 0 bridgehead atoms. The van der Waals surface area contributed by atoms with Crippen molar-refractivity contribution in [1.82, 2.24) is 15.3 Å². The van der Waals surface area contributed by atoms with Crippen LogP contribution in [0.1, 0.15) is 41.9 Å². The fourth-order valence-corrected chi connectivity index (χ4v) is 2.48. The zero-order chi connectivity index (χ0) is 14.5. The maximum Gasteiger partial charge on any atom is 0.270 e. The molecule has 1 aliphatic rings. The van der Waals surface area contributed by atoms with Crippen molar-refractivity contribution in [1.29, 1.82) is 0 Å². The molecule has 3 rings (SSSR count). The second-order valence-corrected chi connectivity index (χ2v) is 5.15. The maximum absolute atomic E-state index is 12.1. The number of furan rings is 1. The highest BCUT2D eigenvalue weighted by molar-refractivity contribution is 5.92. The van der Waals surface area contributed by atoms with E-state index in [1.807, 2.05) is 6.07 Å². The largest absolute Gasteiger partial charge is 0.467 e. The molecule has 2 heterocycles. The molecule has 0 spiro atoms. The van der Waals surface area contributed by atoms with Gasteiger partial charge in [0.2, 0.25) is 5.95 Å². The molecule has 6 nitrogen and oxygen atoms in total. The van der Waals surface area contributed by atoms with Crippen molar-refractivity contribution in [2.75, 3.05) is 5.32 Å². The third kappa shape index (κ3) is 3.59. The van der Waals surface area contributed by atoms with E-state index in [0.29, 0.717) is 30.0 Å². The molecule has 1 fully saturated rings. The topological polar surface area (TPSA) is 80.0 Å². The van der Waals surface area contributed by atoms with Crippen LogP contribution < -0.4 is 10.6 Å². The number of nitrogens with one attached hydrogen (secondary N) is 2. The number of aromatic nitrogens is 2. The fraction of sp³-hybridized carbons (Fsp3) is 0.400. The summed E-state index contributed by atoms with van der Waals surface area (Å²) in [5, 5.41) is 6.06. The summed E-state index contributed by atoms with van der Waals surface area (Å²) in [5.74, 6) is 0.998. The van der Waals surface area contributed by atoms with Crippen LogP contribution in [-0.4, -0.2) is 21.9 Å². The van der Waals surface area contributed by atoms with Gasteiger partial charge < -0.3 is 15.1 Å². The first kappa shape index (κ1) is 13.6. The first-order valence-corrected chi connectivity index (χ1v) is 7.21. The minimum Gasteiger partial charge on any atom is -0.467 e. The SMILES string of the molecule is O=C(NCc1ccco1)c1ccnc(NC2CCCC2)n1. The molecule has 1 aliphatic carbocycles. The van der Waals surface area contributed by atoms with Crippen LogP contribution in [0.3, 0.4) is 0 Å². The zero-order valence-corrected chi connectivity index (χ0v) is 11.7. The van der Waals surface area contributed by atoms with Crippen molar-refractivity contribution in [2.24, 2.45) is 0 Å². The van der Waals surface area contributed by atoms with Gasteiger partial charge in [-0.3, -0.25) is 4.79 Å². The Kier molecular flexibility index (Phi) is 4.14. The Balaban J connectivity index is 1.60. The van der Waals surface area contributed by atoms with Crippen LogP contribution >= 0.6 is 0 Å². The van der Waals surface area contributed by atoms with Gasteiger partial charge in [-0.05, 0) is 31.0 Å². The van der Waals surface area contributed by atoms with Gasteiger partial charge in [0.1, 0.15) is 11.5 Å². The molecule has 1 amide bonds. The molecule has 1 saturated carbocycles. The van der Waals surface area contributed by atoms with Gasteiger partial charge in [0, 0.05) is 12.2 Å². The van der Waals surface area contributed by atoms with Gasteiger partial charge in [-0.25, -0.2) is 9.97 Å². The van der Waals surface area contributed by atoms with Crippen LogP contribution in [0.5, 0.6) is 0 Å². The van der Waals surface area contributed by atoms with E-state index in [1.54, 1.807) is 24.6 Å². The monoisotopic (exact) mass is 286 g/mol. The lowest BCUT2D eigenvalue weighted by Gasteiger charge is -2.12. The summed E-state index contributed by atoms with van der Waals surface area (Å²) in [6.45, 7) is 0.348. The average molecular weight is 286 g/mol. The van der Waals surface area contributed by atoms with Crippen LogP contribution in [0, 0.1) is 0 Å². The molecule has 6 heteroatoms. The van der Waals surface area contributed by atoms with Gasteiger partial charge >= 0.3 is 0 Å². The highest BCUT2D eigenvalue weighted by Crippen LogP contribution is 2.20. The summed E-state index contributed by atoms with van der Waals surface area (Å²) in [6.07, 6.45) is 7.93. The first-order valence-electron chi connectivity index (χ1n) is 7.21. The van der Waals surface area contributed by atoms with Gasteiger partial charge in [-0.1, -0.05) is 12.8 Å². The summed E-state index contributed by atoms with van der Waals surface area (Å²) >= 11 is 0. The minimum atomic E-state index is -0.233. The molecule has 0 aliphatic heterocycles. The summed E-state index contributed by atoms with van der Waals surface area (Å²) in [5.41, 5.74) is 0.358. The van der Waals surface area contributed by atoms with E-state index in [9.17, 15) is 4.79 Å². The standard InChI is InChI=1S/C15H18N4O2/c20-14(17-10-12-6-3-9-21-12)13-7-8-16-15(19-13)18-11-4-1-2-5-11/h3,6-9,11H,1-2,4-5,10H2,(H,17,20)(H,16,18,19). The Morgan fingerprint density at radius 1 is 1.33 bits per heavy atom. The van der Waals surface area contributed by atoms with Gasteiger partial charge in [-0.15, -0.1) is 0 Å². The number of carbonyl (C=O) groups excluding carboxylic acids is 1. The van der Waals surface area contributed by atoms with Crippen molar-refractivity contribution < 1.29 is 9.21 Å². The number of rotatable bonds is 5. The number of anilines is 1. The van der Waals surface area contributed by atoms with E-state index >= 15 is 0 Å². The van der Waals surface area contributed by atoms with Crippen molar-refractivity contribution >= 4 is 11.9 Å². The lowest BCUT2D eigenvalue weighted by molar-refractivity contribution is 0.0943. The third-order valence-electron chi connectivity index (χ3n) is 3.58. The predicted octanol–water partition coefficient (Wildman–Crippen LogP) is 2.35. The first-order chi connectivity index (χ1) is 10.3. The van der Waals surface area contributed by atoms with Gasteiger partial charge in [0.25, 0.3) is 5.91 Å². The second kappa shape index (κ2) is 6.39. The molecule has 0 aromatic carbocycles. The molecule has 2 aromatic heterocycles. The number of carbonyl (C=O) groups is 1. The Labute approximate surface area is 123 Å². The lowest BCUT2D eigenvalue weighted by Crippen LogP contribution is -2.24. The fourth-order valence-electron chi connectivity index (χ4n) is 2.48. The molecule has 110 valence electrons. The Morgan fingerprint density at radius 3 is 2.95 bits per heavy atom. The molecule has 21 heavy (non-hydrogen) atoms. The molecule has 0 atom stereocenters. The molecule has 0 saturated heterocycles. The second-order valence-electron chi connectivity index (χ2n) is 5.15. The van der Waals surface area contributed by atoms with Crippen molar-refractivity contribution in [3.05, 3.63) is 42.1 Å². The molecule has 0 unspecified atom stereocenters. The third-order valence-corrected chi connectivity index (χ3v) is 3.58. The van der Waals surface area contributed by atoms with E-state index in [1.165, 1.54) is 12.8 Å². The summed E-state index contributed by atoms with van der Waals surface area (Å²) in [7, 11) is 0. The van der Waals surface area contributed by atoms with Crippen LogP contribution in [-0.2, 0) is 6.54 Å². The highest BCUT2D eigenvalue weighted by Gasteiger charge is 2.16. The van der Waals surface area contributed by atoms with Crippen molar-refractivity contribution in [3.63, 3.8) is 0 Å². The van der Waals surface area contributed by atoms with E-state index in [0.717, 1.165) is 12.8 Å². The number of hydrogen-bond acceptors (Lipinski definition) is 5. The molecule has 2 aromatic rings. The number of nitrogens with zero attached hydrogens (tertiary/aromatic N) is 2. The number of hydrogen-bond donors (Lipinski definition) is 2. The smallest absolute Gasteiger partial charge is 0.270 e. The lowest BCUT2D eigenvalue weighted by atomic mass is 10.2. The Morgan fingerprint density at radius 2 is 2.19 bits per heavy atom. The maximum atomic E-state index is 12.1. The van der Waals surface area contributed by atoms with Crippen LogP contribution in [0.15, 0.2) is 35.1 Å². The quantitative estimate of drug-likeness (QED) is 0.882. The molecular weight excluding hydrogens is 268 g/mol. The Hall–Kier alpha value is -2.37. The molecule has 0 radical (unpaired) electrons. The zero-order valence-electron chi connectivity index (χ0n) is 11.7. The van der Waals surface area contributed by atoms with Gasteiger partial charge in [-0.2, -0.15) is 0 Å². The van der Waals surface area contributed by atoms with Crippen LogP contribution in [0.25, 0.3) is 0 Å². The van der Waals surface area contributed by atoms with Gasteiger partial charge in [0.15, 0.2) is 0 Å². The van der Waals surface area contributed by atoms with E-state index in [2.05, 4.69) is 20.6 Å². The van der Waals surface area contributed by atoms with E-state index < -0.39 is 0 Å². The van der Waals surface area contributed by atoms with E-state index in [4.69, 9.17) is 4.42 Å². The Bertz CT molecular complexity index is 591.